The maximum absolute atomic E-state index is 9.97. The molecule has 0 saturated carbocycles. The van der Waals surface area contributed by atoms with Crippen molar-refractivity contribution in [1.82, 2.24) is 0 Å². The lowest BCUT2D eigenvalue weighted by Crippen LogP contribution is -1.81. The average Bonchev–Trinajstić information content (AvgIpc) is 1.21. The Morgan fingerprint density at radius 3 is 2.00 bits per heavy atom. The molecule has 5 heteroatoms. The Kier molecular flexibility index (Phi) is 4.80. The third-order valence-corrected chi connectivity index (χ3v) is 1.20. The Hall–Kier alpha value is -0.220. The van der Waals surface area contributed by atoms with E-state index in [1.54, 1.807) is 0 Å². The molecule has 0 saturated heterocycles. The molecule has 0 radical (unpaired) electrons. The lowest BCUT2D eigenvalue weighted by molar-refractivity contribution is 0.415. The van der Waals surface area contributed by atoms with Crippen molar-refractivity contribution >= 4 is 19.7 Å². The molecule has 0 amide bonds. The van der Waals surface area contributed by atoms with Gasteiger partial charge >= 0.3 is 0 Å². The van der Waals surface area contributed by atoms with Crippen LogP contribution in [0.2, 0.25) is 0 Å². The van der Waals surface area contributed by atoms with E-state index >= 15 is 0 Å². The molecule has 0 rings (SSSR count). The lowest BCUT2D eigenvalue weighted by Gasteiger charge is -1.82. The van der Waals surface area contributed by atoms with Gasteiger partial charge in [-0.05, 0) is 6.92 Å². The Morgan fingerprint density at radius 1 is 1.67 bits per heavy atom. The first-order valence-corrected chi connectivity index (χ1v) is 4.11. The lowest BCUT2D eigenvalue weighted by atomic mass is 10.7. The summed E-state index contributed by atoms with van der Waals surface area (Å²) in [6, 6.07) is 0. The molecule has 0 aromatic heterocycles. The number of aliphatic hydroxyl groups is 1. The first-order valence-electron chi connectivity index (χ1n) is 1.74. The number of halogens is 1. The van der Waals surface area contributed by atoms with E-state index in [1.807, 2.05) is 0 Å². The fraction of sp³-hybridized carbons (Fsp3) is 0.500. The molecule has 0 aromatic rings. The van der Waals surface area contributed by atoms with E-state index in [0.29, 0.717) is 5.41 Å². The van der Waals surface area contributed by atoms with E-state index in [0.717, 1.165) is 0 Å². The van der Waals surface area contributed by atoms with E-state index < -0.39 is 9.05 Å². The van der Waals surface area contributed by atoms with Gasteiger partial charge in [-0.3, -0.25) is 0 Å². The van der Waals surface area contributed by atoms with Gasteiger partial charge in [-0.25, -0.2) is 8.42 Å². The number of aliphatic hydroxyl groups excluding tert-OH is 1. The van der Waals surface area contributed by atoms with Gasteiger partial charge in [0, 0.05) is 10.7 Å². The highest BCUT2D eigenvalue weighted by molar-refractivity contribution is 8.16. The topological polar surface area (TPSA) is 54.4 Å². The summed E-state index contributed by atoms with van der Waals surface area (Å²) < 4.78 is 19.9. The van der Waals surface area contributed by atoms with Gasteiger partial charge in [0.15, 0.2) is 0 Å². The van der Waals surface area contributed by atoms with Gasteiger partial charge in [0.25, 0.3) is 9.05 Å². The SMILES string of the molecule is C.CC(O)=CS(=O)(=O)Cl. The molecule has 0 fully saturated rings. The summed E-state index contributed by atoms with van der Waals surface area (Å²) in [6.07, 6.45) is 0. The zero-order valence-electron chi connectivity index (χ0n) is 4.13. The van der Waals surface area contributed by atoms with Gasteiger partial charge in [-0.15, -0.1) is 0 Å². The summed E-state index contributed by atoms with van der Waals surface area (Å²) >= 11 is 0. The molecule has 9 heavy (non-hydrogen) atoms. The van der Waals surface area contributed by atoms with E-state index in [2.05, 4.69) is 10.7 Å². The predicted octanol–water partition coefficient (Wildman–Crippen LogP) is 1.61. The molecular weight excluding hydrogens is 164 g/mol. The molecular formula is C4H9ClO3S. The van der Waals surface area contributed by atoms with E-state index in [4.69, 9.17) is 5.11 Å². The first-order chi connectivity index (χ1) is 3.42. The fourth-order valence-electron chi connectivity index (χ4n) is 0.204. The third kappa shape index (κ3) is 11.4. The van der Waals surface area contributed by atoms with Crippen molar-refractivity contribution < 1.29 is 13.5 Å². The quantitative estimate of drug-likeness (QED) is 0.483. The van der Waals surface area contributed by atoms with Crippen LogP contribution in [0.4, 0.5) is 0 Å². The van der Waals surface area contributed by atoms with Crippen LogP contribution in [-0.4, -0.2) is 13.5 Å². The second kappa shape index (κ2) is 3.74. The molecule has 0 bridgehead atoms. The van der Waals surface area contributed by atoms with E-state index in [1.165, 1.54) is 6.92 Å². The highest BCUT2D eigenvalue weighted by atomic mass is 35.7. The molecule has 56 valence electrons. The van der Waals surface area contributed by atoms with Gasteiger partial charge in [-0.1, -0.05) is 7.43 Å². The highest BCUT2D eigenvalue weighted by Crippen LogP contribution is 2.00. The largest absolute Gasteiger partial charge is 0.512 e. The normalized spacial score (nSPS) is 12.4. The molecule has 0 aliphatic carbocycles. The Labute approximate surface area is 59.4 Å². The highest BCUT2D eigenvalue weighted by Gasteiger charge is 1.97. The average molecular weight is 173 g/mol. The summed E-state index contributed by atoms with van der Waals surface area (Å²) in [5.74, 6) is -0.319. The van der Waals surface area contributed by atoms with Crippen LogP contribution in [-0.2, 0) is 9.05 Å². The van der Waals surface area contributed by atoms with Crippen LogP contribution < -0.4 is 0 Å². The van der Waals surface area contributed by atoms with Gasteiger partial charge in [-0.2, -0.15) is 0 Å². The molecule has 0 aliphatic rings. The third-order valence-electron chi connectivity index (χ3n) is 0.311. The van der Waals surface area contributed by atoms with Crippen molar-refractivity contribution in [2.45, 2.75) is 14.4 Å². The second-order valence-electron chi connectivity index (χ2n) is 1.23. The van der Waals surface area contributed by atoms with Crippen LogP contribution in [0.5, 0.6) is 0 Å². The second-order valence-corrected chi connectivity index (χ2v) is 3.71. The van der Waals surface area contributed by atoms with Crippen molar-refractivity contribution in [1.29, 1.82) is 0 Å². The molecule has 3 nitrogen and oxygen atoms in total. The molecule has 1 N–H and O–H groups in total. The maximum atomic E-state index is 9.97. The number of rotatable bonds is 1. The summed E-state index contributed by atoms with van der Waals surface area (Å²) in [4.78, 5) is 0. The smallest absolute Gasteiger partial charge is 0.257 e. The molecule has 0 aromatic carbocycles. The van der Waals surface area contributed by atoms with E-state index in [9.17, 15) is 8.42 Å². The van der Waals surface area contributed by atoms with Crippen LogP contribution in [0.1, 0.15) is 14.4 Å². The maximum Gasteiger partial charge on any atom is 0.257 e. The minimum Gasteiger partial charge on any atom is -0.512 e. The van der Waals surface area contributed by atoms with Crippen LogP contribution >= 0.6 is 10.7 Å². The predicted molar refractivity (Wildman–Crippen MR) is 37.9 cm³/mol. The molecule has 0 unspecified atom stereocenters. The number of allylic oxidation sites excluding steroid dienone is 1. The summed E-state index contributed by atoms with van der Waals surface area (Å²) in [7, 11) is 1.00. The monoisotopic (exact) mass is 172 g/mol. The zero-order valence-corrected chi connectivity index (χ0v) is 5.70. The molecule has 0 atom stereocenters. The van der Waals surface area contributed by atoms with Gasteiger partial charge < -0.3 is 5.11 Å². The number of hydrogen-bond donors (Lipinski definition) is 1. The fourth-order valence-corrected chi connectivity index (χ4v) is 0.998. The van der Waals surface area contributed by atoms with Crippen molar-refractivity contribution in [3.05, 3.63) is 11.2 Å². The summed E-state index contributed by atoms with van der Waals surface area (Å²) in [6.45, 7) is 1.22. The van der Waals surface area contributed by atoms with Crippen LogP contribution in [0, 0.1) is 0 Å². The van der Waals surface area contributed by atoms with Crippen molar-refractivity contribution in [2.75, 3.05) is 0 Å². The minimum atomic E-state index is -3.66. The summed E-state index contributed by atoms with van der Waals surface area (Å²) in [5, 5.41) is 8.85. The van der Waals surface area contributed by atoms with Crippen molar-refractivity contribution in [3.8, 4) is 0 Å². The summed E-state index contributed by atoms with van der Waals surface area (Å²) in [5.41, 5.74) is 0. The molecule has 0 aliphatic heterocycles. The molecule has 0 heterocycles. The van der Waals surface area contributed by atoms with Gasteiger partial charge in [0.05, 0.1) is 5.41 Å². The zero-order chi connectivity index (χ0) is 6.78. The van der Waals surface area contributed by atoms with Crippen LogP contribution in [0.3, 0.4) is 0 Å². The number of hydrogen-bond acceptors (Lipinski definition) is 3. The van der Waals surface area contributed by atoms with E-state index in [-0.39, 0.29) is 13.2 Å². The van der Waals surface area contributed by atoms with Crippen molar-refractivity contribution in [2.24, 2.45) is 0 Å². The van der Waals surface area contributed by atoms with Gasteiger partial charge in [0.2, 0.25) is 0 Å². The Bertz CT molecular complexity index is 188. The minimum absolute atomic E-state index is 0. The molecule has 0 spiro atoms. The Morgan fingerprint density at radius 2 is 2.00 bits per heavy atom. The van der Waals surface area contributed by atoms with Crippen LogP contribution in [0.15, 0.2) is 11.2 Å². The van der Waals surface area contributed by atoms with Crippen LogP contribution in [0.25, 0.3) is 0 Å². The standard InChI is InChI=1S/C3H5ClO3S.CH4/c1-3(5)2-8(4,6)7;/h2,5H,1H3;1H4. The first kappa shape index (κ1) is 11.6. The Balaban J connectivity index is 0. The van der Waals surface area contributed by atoms with Gasteiger partial charge in [0.1, 0.15) is 5.76 Å². The van der Waals surface area contributed by atoms with Crippen molar-refractivity contribution in [3.63, 3.8) is 0 Å².